The molecule has 1 saturated heterocycles. The third-order valence-corrected chi connectivity index (χ3v) is 5.04. The van der Waals surface area contributed by atoms with Crippen molar-refractivity contribution in [2.45, 2.75) is 31.8 Å². The van der Waals surface area contributed by atoms with Crippen LogP contribution in [-0.2, 0) is 13.0 Å². The number of benzene rings is 1. The molecule has 1 amide bonds. The highest BCUT2D eigenvalue weighted by Gasteiger charge is 2.33. The van der Waals surface area contributed by atoms with Crippen LogP contribution in [0.2, 0.25) is 0 Å². The van der Waals surface area contributed by atoms with Gasteiger partial charge in [0, 0.05) is 44.3 Å². The van der Waals surface area contributed by atoms with Gasteiger partial charge in [-0.3, -0.25) is 9.69 Å². The predicted molar refractivity (Wildman–Crippen MR) is 82.4 cm³/mol. The van der Waals surface area contributed by atoms with E-state index in [1.807, 2.05) is 12.1 Å². The van der Waals surface area contributed by atoms with E-state index in [0.29, 0.717) is 0 Å². The van der Waals surface area contributed by atoms with E-state index < -0.39 is 0 Å². The molecule has 0 unspecified atom stereocenters. The van der Waals surface area contributed by atoms with Crippen LogP contribution in [0.25, 0.3) is 0 Å². The Balaban J connectivity index is 1.50. The lowest BCUT2D eigenvalue weighted by Gasteiger charge is -2.35. The highest BCUT2D eigenvalue weighted by Crippen LogP contribution is 2.28. The molecule has 0 aromatic heterocycles. The van der Waals surface area contributed by atoms with E-state index in [1.54, 1.807) is 0 Å². The average molecular weight is 285 g/mol. The van der Waals surface area contributed by atoms with Gasteiger partial charge < -0.3 is 10.2 Å². The van der Waals surface area contributed by atoms with Gasteiger partial charge in [0.05, 0.1) is 0 Å². The Kier molecular flexibility index (Phi) is 3.43. The van der Waals surface area contributed by atoms with Crippen molar-refractivity contribution in [2.75, 3.05) is 32.7 Å². The van der Waals surface area contributed by atoms with E-state index in [-0.39, 0.29) is 5.91 Å². The van der Waals surface area contributed by atoms with Crippen molar-refractivity contribution in [1.82, 2.24) is 15.1 Å². The minimum Gasteiger partial charge on any atom is -0.336 e. The molecular formula is C17H23N3O. The van der Waals surface area contributed by atoms with E-state index >= 15 is 0 Å². The normalized spacial score (nSPS) is 23.0. The van der Waals surface area contributed by atoms with Crippen LogP contribution in [0.3, 0.4) is 0 Å². The van der Waals surface area contributed by atoms with E-state index in [1.165, 1.54) is 24.0 Å². The summed E-state index contributed by atoms with van der Waals surface area (Å²) in [6.07, 6.45) is 3.68. The first kappa shape index (κ1) is 13.3. The minimum atomic E-state index is 0.240. The van der Waals surface area contributed by atoms with Crippen LogP contribution in [0.1, 0.15) is 34.3 Å². The van der Waals surface area contributed by atoms with Gasteiger partial charge in [0.15, 0.2) is 0 Å². The molecule has 0 spiro atoms. The number of nitrogens with zero attached hydrogens (tertiary/aromatic N) is 2. The molecule has 2 fully saturated rings. The molecule has 0 radical (unpaired) electrons. The van der Waals surface area contributed by atoms with Gasteiger partial charge in [-0.25, -0.2) is 0 Å². The lowest BCUT2D eigenvalue weighted by molar-refractivity contribution is 0.0626. The lowest BCUT2D eigenvalue weighted by Crippen LogP contribution is -2.49. The summed E-state index contributed by atoms with van der Waals surface area (Å²) in [5.41, 5.74) is 3.50. The molecule has 2 heterocycles. The summed E-state index contributed by atoms with van der Waals surface area (Å²) >= 11 is 0. The van der Waals surface area contributed by atoms with Gasteiger partial charge in [-0.05, 0) is 43.0 Å². The van der Waals surface area contributed by atoms with E-state index in [2.05, 4.69) is 21.2 Å². The van der Waals surface area contributed by atoms with E-state index in [9.17, 15) is 4.79 Å². The molecular weight excluding hydrogens is 262 g/mol. The molecule has 4 rings (SSSR count). The largest absolute Gasteiger partial charge is 0.336 e. The number of hydrogen-bond donors (Lipinski definition) is 1. The second-order valence-electron chi connectivity index (χ2n) is 6.43. The Morgan fingerprint density at radius 3 is 2.71 bits per heavy atom. The maximum Gasteiger partial charge on any atom is 0.254 e. The Labute approximate surface area is 126 Å². The van der Waals surface area contributed by atoms with Gasteiger partial charge in [-0.2, -0.15) is 0 Å². The lowest BCUT2D eigenvalue weighted by atomic mass is 9.94. The molecule has 21 heavy (non-hydrogen) atoms. The van der Waals surface area contributed by atoms with Crippen LogP contribution in [0.4, 0.5) is 0 Å². The van der Waals surface area contributed by atoms with Gasteiger partial charge in [-0.15, -0.1) is 0 Å². The summed E-state index contributed by atoms with van der Waals surface area (Å²) in [6, 6.07) is 7.00. The third kappa shape index (κ3) is 2.58. The average Bonchev–Trinajstić information content (AvgIpc) is 3.39. The molecule has 1 aromatic rings. The molecule has 4 nitrogen and oxygen atoms in total. The van der Waals surface area contributed by atoms with Gasteiger partial charge in [0.2, 0.25) is 0 Å². The van der Waals surface area contributed by atoms with Gasteiger partial charge in [-0.1, -0.05) is 12.1 Å². The van der Waals surface area contributed by atoms with Crippen LogP contribution in [0.15, 0.2) is 18.2 Å². The highest BCUT2D eigenvalue weighted by molar-refractivity contribution is 5.96. The van der Waals surface area contributed by atoms with Crippen LogP contribution >= 0.6 is 0 Å². The van der Waals surface area contributed by atoms with Crippen molar-refractivity contribution in [2.24, 2.45) is 0 Å². The zero-order chi connectivity index (χ0) is 14.2. The fraction of sp³-hybridized carbons (Fsp3) is 0.588. The summed E-state index contributed by atoms with van der Waals surface area (Å²) in [4.78, 5) is 17.5. The van der Waals surface area contributed by atoms with Gasteiger partial charge in [0.1, 0.15) is 0 Å². The topological polar surface area (TPSA) is 35.6 Å². The summed E-state index contributed by atoms with van der Waals surface area (Å²) < 4.78 is 0. The maximum absolute atomic E-state index is 12.9. The highest BCUT2D eigenvalue weighted by atomic mass is 16.2. The molecule has 0 atom stereocenters. The Hall–Kier alpha value is -1.39. The van der Waals surface area contributed by atoms with Gasteiger partial charge in [0.25, 0.3) is 5.91 Å². The van der Waals surface area contributed by atoms with Crippen molar-refractivity contribution in [3.8, 4) is 0 Å². The summed E-state index contributed by atoms with van der Waals surface area (Å²) in [5, 5.41) is 3.38. The quantitative estimate of drug-likeness (QED) is 0.888. The molecule has 1 aliphatic carbocycles. The summed E-state index contributed by atoms with van der Waals surface area (Å²) in [5.74, 6) is 0.240. The third-order valence-electron chi connectivity index (χ3n) is 5.04. The number of carbonyl (C=O) groups excluding carboxylic acids is 1. The molecule has 3 aliphatic rings. The van der Waals surface area contributed by atoms with Crippen molar-refractivity contribution in [1.29, 1.82) is 0 Å². The van der Waals surface area contributed by atoms with Crippen LogP contribution in [0.5, 0.6) is 0 Å². The number of fused-ring (bicyclic) bond motifs is 1. The molecule has 1 saturated carbocycles. The van der Waals surface area contributed by atoms with Crippen LogP contribution < -0.4 is 5.32 Å². The van der Waals surface area contributed by atoms with Crippen LogP contribution in [-0.4, -0.2) is 54.5 Å². The molecule has 1 N–H and O–H groups in total. The second kappa shape index (κ2) is 5.43. The Morgan fingerprint density at radius 2 is 1.95 bits per heavy atom. The SMILES string of the molecule is O=C(c1cccc2c1CCNC2)N1CCN(C2CC2)CC1. The van der Waals surface area contributed by atoms with Gasteiger partial charge >= 0.3 is 0 Å². The number of piperazine rings is 1. The first-order chi connectivity index (χ1) is 10.3. The monoisotopic (exact) mass is 285 g/mol. The zero-order valence-electron chi connectivity index (χ0n) is 12.5. The first-order valence-corrected chi connectivity index (χ1v) is 8.18. The molecule has 0 bridgehead atoms. The number of nitrogens with one attached hydrogen (secondary N) is 1. The zero-order valence-corrected chi connectivity index (χ0v) is 12.5. The van der Waals surface area contributed by atoms with Crippen molar-refractivity contribution < 1.29 is 4.79 Å². The number of carbonyl (C=O) groups is 1. The molecule has 4 heteroatoms. The fourth-order valence-corrected chi connectivity index (χ4v) is 3.63. The van der Waals surface area contributed by atoms with Crippen molar-refractivity contribution >= 4 is 5.91 Å². The van der Waals surface area contributed by atoms with E-state index in [0.717, 1.165) is 57.3 Å². The summed E-state index contributed by atoms with van der Waals surface area (Å²) in [7, 11) is 0. The Morgan fingerprint density at radius 1 is 1.14 bits per heavy atom. The van der Waals surface area contributed by atoms with E-state index in [4.69, 9.17) is 0 Å². The van der Waals surface area contributed by atoms with Crippen LogP contribution in [0, 0.1) is 0 Å². The molecule has 1 aromatic carbocycles. The molecule has 112 valence electrons. The molecule has 2 aliphatic heterocycles. The predicted octanol–water partition coefficient (Wildman–Crippen LogP) is 1.25. The van der Waals surface area contributed by atoms with Crippen molar-refractivity contribution in [3.05, 3.63) is 34.9 Å². The fourth-order valence-electron chi connectivity index (χ4n) is 3.63. The first-order valence-electron chi connectivity index (χ1n) is 8.18. The number of rotatable bonds is 2. The Bertz CT molecular complexity index is 545. The summed E-state index contributed by atoms with van der Waals surface area (Å²) in [6.45, 7) is 5.74. The van der Waals surface area contributed by atoms with Crippen molar-refractivity contribution in [3.63, 3.8) is 0 Å². The second-order valence-corrected chi connectivity index (χ2v) is 6.43. The number of amides is 1. The maximum atomic E-state index is 12.9. The smallest absolute Gasteiger partial charge is 0.254 e. The minimum absolute atomic E-state index is 0.240. The number of hydrogen-bond acceptors (Lipinski definition) is 3. The standard InChI is InChI=1S/C17H23N3O/c21-17(20-10-8-19(9-11-20)14-4-5-14)16-3-1-2-13-12-18-7-6-15(13)16/h1-3,14,18H,4-12H2.